The number of rotatable bonds is 2. The monoisotopic (exact) mass is 381 g/mol. The molecule has 0 fully saturated rings. The van der Waals surface area contributed by atoms with Gasteiger partial charge in [-0.2, -0.15) is 0 Å². The molecule has 0 aliphatic heterocycles. The molecule has 0 saturated heterocycles. The molecular formula is C21H13ClFNO3. The van der Waals surface area contributed by atoms with E-state index in [4.69, 9.17) is 16.0 Å². The summed E-state index contributed by atoms with van der Waals surface area (Å²) in [5.74, 6) is -1.20. The van der Waals surface area contributed by atoms with E-state index in [0.717, 1.165) is 5.56 Å². The van der Waals surface area contributed by atoms with Crippen LogP contribution in [0.25, 0.3) is 21.9 Å². The number of aryl methyl sites for hydroxylation is 1. The van der Waals surface area contributed by atoms with Gasteiger partial charge in [-0.15, -0.1) is 0 Å². The normalized spacial score (nSPS) is 11.1. The van der Waals surface area contributed by atoms with Gasteiger partial charge >= 0.3 is 0 Å². The van der Waals surface area contributed by atoms with Crippen molar-refractivity contribution in [2.24, 2.45) is 0 Å². The van der Waals surface area contributed by atoms with Crippen molar-refractivity contribution >= 4 is 45.1 Å². The largest absolute Gasteiger partial charge is 0.456 e. The average Bonchev–Trinajstić information content (AvgIpc) is 2.64. The van der Waals surface area contributed by atoms with Gasteiger partial charge in [0, 0.05) is 16.8 Å². The third-order valence-corrected chi connectivity index (χ3v) is 4.74. The summed E-state index contributed by atoms with van der Waals surface area (Å²) < 4.78 is 19.6. The highest BCUT2D eigenvalue weighted by molar-refractivity contribution is 6.32. The minimum absolute atomic E-state index is 0.0668. The number of carbonyl (C=O) groups excluding carboxylic acids is 1. The topological polar surface area (TPSA) is 59.3 Å². The number of nitrogens with one attached hydrogen (secondary N) is 1. The lowest BCUT2D eigenvalue weighted by molar-refractivity contribution is 0.102. The van der Waals surface area contributed by atoms with E-state index < -0.39 is 11.7 Å². The molecule has 4 nitrogen and oxygen atoms in total. The standard InChI is InChI=1S/C21H13ClFNO3/c1-11-8-18-15(10-16(11)22)20(25)14-7-6-12(9-19(14)27-18)24-21(26)13-4-2-3-5-17(13)23/h2-10H,1H3,(H,24,26). The van der Waals surface area contributed by atoms with Gasteiger partial charge in [0.25, 0.3) is 5.91 Å². The summed E-state index contributed by atoms with van der Waals surface area (Å²) in [5, 5.41) is 3.86. The van der Waals surface area contributed by atoms with Gasteiger partial charge in [-0.05, 0) is 48.9 Å². The summed E-state index contributed by atoms with van der Waals surface area (Å²) in [6.45, 7) is 1.82. The Hall–Kier alpha value is -3.18. The van der Waals surface area contributed by atoms with Crippen molar-refractivity contribution in [3.63, 3.8) is 0 Å². The Morgan fingerprint density at radius 2 is 1.78 bits per heavy atom. The maximum Gasteiger partial charge on any atom is 0.258 e. The predicted octanol–water partition coefficient (Wildman–Crippen LogP) is 5.30. The first-order chi connectivity index (χ1) is 12.9. The molecule has 0 radical (unpaired) electrons. The molecule has 0 aliphatic carbocycles. The smallest absolute Gasteiger partial charge is 0.258 e. The third kappa shape index (κ3) is 3.06. The highest BCUT2D eigenvalue weighted by Gasteiger charge is 2.13. The molecule has 134 valence electrons. The van der Waals surface area contributed by atoms with Gasteiger partial charge in [-0.25, -0.2) is 4.39 Å². The lowest BCUT2D eigenvalue weighted by atomic mass is 10.1. The summed E-state index contributed by atoms with van der Waals surface area (Å²) in [4.78, 5) is 25.0. The Morgan fingerprint density at radius 3 is 2.56 bits per heavy atom. The molecule has 1 N–H and O–H groups in total. The maximum absolute atomic E-state index is 13.8. The van der Waals surface area contributed by atoms with Crippen LogP contribution in [0.1, 0.15) is 15.9 Å². The van der Waals surface area contributed by atoms with E-state index in [-0.39, 0.29) is 11.0 Å². The summed E-state index contributed by atoms with van der Waals surface area (Å²) in [5.41, 5.74) is 1.63. The fourth-order valence-electron chi connectivity index (χ4n) is 2.90. The van der Waals surface area contributed by atoms with Gasteiger partial charge in [-0.3, -0.25) is 9.59 Å². The van der Waals surface area contributed by atoms with E-state index in [9.17, 15) is 14.0 Å². The van der Waals surface area contributed by atoms with Crippen molar-refractivity contribution in [3.05, 3.63) is 86.8 Å². The SMILES string of the molecule is Cc1cc2oc3cc(NC(=O)c4ccccc4F)ccc3c(=O)c2cc1Cl. The Balaban J connectivity index is 1.79. The molecule has 1 aromatic heterocycles. The van der Waals surface area contributed by atoms with Crippen LogP contribution in [0.15, 0.2) is 63.8 Å². The molecule has 27 heavy (non-hydrogen) atoms. The Bertz CT molecular complexity index is 1280. The van der Waals surface area contributed by atoms with E-state index in [2.05, 4.69) is 5.32 Å². The van der Waals surface area contributed by atoms with Gasteiger partial charge in [-0.1, -0.05) is 23.7 Å². The molecule has 0 atom stereocenters. The highest BCUT2D eigenvalue weighted by atomic mass is 35.5. The van der Waals surface area contributed by atoms with Crippen molar-refractivity contribution in [1.29, 1.82) is 0 Å². The number of hydrogen-bond donors (Lipinski definition) is 1. The second-order valence-electron chi connectivity index (χ2n) is 6.17. The zero-order chi connectivity index (χ0) is 19.1. The van der Waals surface area contributed by atoms with E-state index >= 15 is 0 Å². The van der Waals surface area contributed by atoms with Gasteiger partial charge in [0.1, 0.15) is 17.0 Å². The first-order valence-corrected chi connectivity index (χ1v) is 8.54. The molecule has 0 saturated carbocycles. The fourth-order valence-corrected chi connectivity index (χ4v) is 3.06. The molecule has 3 aromatic carbocycles. The number of hydrogen-bond acceptors (Lipinski definition) is 3. The minimum Gasteiger partial charge on any atom is -0.456 e. The van der Waals surface area contributed by atoms with Crippen LogP contribution >= 0.6 is 11.6 Å². The van der Waals surface area contributed by atoms with Crippen LogP contribution in [0.4, 0.5) is 10.1 Å². The van der Waals surface area contributed by atoms with Gasteiger partial charge < -0.3 is 9.73 Å². The number of halogens is 2. The molecule has 4 aromatic rings. The van der Waals surface area contributed by atoms with Crippen LogP contribution < -0.4 is 10.7 Å². The Morgan fingerprint density at radius 1 is 1.04 bits per heavy atom. The minimum atomic E-state index is -0.610. The van der Waals surface area contributed by atoms with Gasteiger partial charge in [0.05, 0.1) is 16.3 Å². The molecule has 1 amide bonds. The lowest BCUT2D eigenvalue weighted by Crippen LogP contribution is -2.13. The van der Waals surface area contributed by atoms with Gasteiger partial charge in [0.2, 0.25) is 5.43 Å². The molecule has 4 rings (SSSR count). The van der Waals surface area contributed by atoms with Crippen LogP contribution in [0.5, 0.6) is 0 Å². The fraction of sp³-hybridized carbons (Fsp3) is 0.0476. The molecule has 0 aliphatic rings. The van der Waals surface area contributed by atoms with Crippen molar-refractivity contribution in [1.82, 2.24) is 0 Å². The molecule has 1 heterocycles. The number of benzene rings is 3. The summed E-state index contributed by atoms with van der Waals surface area (Å²) in [6.07, 6.45) is 0. The van der Waals surface area contributed by atoms with E-state index in [1.807, 2.05) is 6.92 Å². The molecule has 0 bridgehead atoms. The van der Waals surface area contributed by atoms with Crippen LogP contribution in [0.2, 0.25) is 5.02 Å². The summed E-state index contributed by atoms with van der Waals surface area (Å²) in [6, 6.07) is 13.7. The zero-order valence-corrected chi connectivity index (χ0v) is 14.9. The summed E-state index contributed by atoms with van der Waals surface area (Å²) >= 11 is 6.11. The van der Waals surface area contributed by atoms with Crippen LogP contribution in [-0.4, -0.2) is 5.91 Å². The first-order valence-electron chi connectivity index (χ1n) is 8.16. The zero-order valence-electron chi connectivity index (χ0n) is 14.2. The Labute approximate surface area is 158 Å². The predicted molar refractivity (Wildman–Crippen MR) is 104 cm³/mol. The number of fused-ring (bicyclic) bond motifs is 2. The highest BCUT2D eigenvalue weighted by Crippen LogP contribution is 2.26. The second kappa shape index (κ2) is 6.52. The van der Waals surface area contributed by atoms with Crippen LogP contribution in [0.3, 0.4) is 0 Å². The quantitative estimate of drug-likeness (QED) is 0.479. The Kier molecular flexibility index (Phi) is 4.16. The molecule has 0 spiro atoms. The van der Waals surface area contributed by atoms with Crippen molar-refractivity contribution in [2.45, 2.75) is 6.92 Å². The number of amides is 1. The lowest BCUT2D eigenvalue weighted by Gasteiger charge is -2.08. The molecule has 6 heteroatoms. The van der Waals surface area contributed by atoms with Crippen LogP contribution in [0, 0.1) is 12.7 Å². The van der Waals surface area contributed by atoms with E-state index in [1.165, 1.54) is 18.2 Å². The molecule has 0 unspecified atom stereocenters. The van der Waals surface area contributed by atoms with Crippen molar-refractivity contribution in [3.8, 4) is 0 Å². The third-order valence-electron chi connectivity index (χ3n) is 4.33. The summed E-state index contributed by atoms with van der Waals surface area (Å²) in [7, 11) is 0. The van der Waals surface area contributed by atoms with Crippen molar-refractivity contribution < 1.29 is 13.6 Å². The first kappa shape index (κ1) is 17.2. The van der Waals surface area contributed by atoms with E-state index in [1.54, 1.807) is 36.4 Å². The second-order valence-corrected chi connectivity index (χ2v) is 6.58. The van der Waals surface area contributed by atoms with Crippen molar-refractivity contribution in [2.75, 3.05) is 5.32 Å². The van der Waals surface area contributed by atoms with Gasteiger partial charge in [0.15, 0.2) is 0 Å². The maximum atomic E-state index is 13.8. The van der Waals surface area contributed by atoms with Crippen LogP contribution in [-0.2, 0) is 0 Å². The average molecular weight is 382 g/mol. The van der Waals surface area contributed by atoms with E-state index in [0.29, 0.717) is 32.6 Å². The molecular weight excluding hydrogens is 369 g/mol. The number of carbonyl (C=O) groups is 1. The number of anilines is 1.